The van der Waals surface area contributed by atoms with Gasteiger partial charge in [-0.3, -0.25) is 0 Å². The van der Waals surface area contributed by atoms with E-state index in [4.69, 9.17) is 9.47 Å². The van der Waals surface area contributed by atoms with Gasteiger partial charge in [-0.25, -0.2) is 0 Å². The van der Waals surface area contributed by atoms with Gasteiger partial charge in [-0.05, 0) is 0 Å². The van der Waals surface area contributed by atoms with E-state index in [1.807, 2.05) is 24.3 Å². The zero-order chi connectivity index (χ0) is 24.7. The molecule has 1 aliphatic rings. The first-order chi connectivity index (χ1) is 16.2. The number of aliphatic carboxylic acids is 1. The minimum atomic E-state index is -1.39. The van der Waals surface area contributed by atoms with Gasteiger partial charge >= 0.3 is 215 Å². The molecule has 2 aromatic rings. The third kappa shape index (κ3) is 7.48. The van der Waals surface area contributed by atoms with Crippen molar-refractivity contribution in [1.29, 1.82) is 0 Å². The molecule has 6 nitrogen and oxygen atoms in total. The average molecular weight is 590 g/mol. The summed E-state index contributed by atoms with van der Waals surface area (Å²) < 4.78 is 9.85. The molecule has 0 radical (unpaired) electrons. The van der Waals surface area contributed by atoms with Gasteiger partial charge in [0.05, 0.1) is 0 Å². The molecule has 0 aliphatic heterocycles. The van der Waals surface area contributed by atoms with Gasteiger partial charge in [-0.2, -0.15) is 0 Å². The molecule has 1 N–H and O–H groups in total. The van der Waals surface area contributed by atoms with Crippen LogP contribution in [0.3, 0.4) is 0 Å². The average Bonchev–Trinajstić information content (AvgIpc) is 3.09. The molecule has 0 saturated heterocycles. The van der Waals surface area contributed by atoms with Crippen LogP contribution < -0.4 is 0 Å². The maximum absolute atomic E-state index is 12.4. The molecule has 0 fully saturated rings. The number of benzene rings is 2. The number of hydrogen-bond donors (Lipinski definition) is 1. The molecule has 8 heteroatoms. The molecule has 2 aromatic carbocycles. The van der Waals surface area contributed by atoms with Crippen LogP contribution in [0.15, 0.2) is 48.5 Å². The van der Waals surface area contributed by atoms with Gasteiger partial charge in [0.1, 0.15) is 0 Å². The van der Waals surface area contributed by atoms with Crippen molar-refractivity contribution in [3.05, 3.63) is 59.7 Å². The molecular formula is C26H32As2O6. The van der Waals surface area contributed by atoms with E-state index < -0.39 is 47.8 Å². The molecule has 182 valence electrons. The van der Waals surface area contributed by atoms with Crippen LogP contribution >= 0.6 is 0 Å². The summed E-state index contributed by atoms with van der Waals surface area (Å²) in [5.74, 6) is -0.866. The summed E-state index contributed by atoms with van der Waals surface area (Å²) in [5.41, 5.74) is 4.21. The fraction of sp³-hybridized carbons (Fsp3) is 0.423. The Balaban J connectivity index is 1.40. The predicted octanol–water partition coefficient (Wildman–Crippen LogP) is 5.21. The zero-order valence-corrected chi connectivity index (χ0v) is 24.0. The van der Waals surface area contributed by atoms with Gasteiger partial charge in [0.15, 0.2) is 0 Å². The van der Waals surface area contributed by atoms with Crippen molar-refractivity contribution in [3.63, 3.8) is 0 Å². The molecule has 3 atom stereocenters. The second-order valence-electron chi connectivity index (χ2n) is 9.29. The SMILES string of the molecule is CC(C)(C)OC(=O)[AsH][C@@H](CCCC[AsH]C(=O)OCC1c2ccccc2-c2ccccc21)C(=O)O. The predicted molar refractivity (Wildman–Crippen MR) is 136 cm³/mol. The van der Waals surface area contributed by atoms with Crippen molar-refractivity contribution in [3.8, 4) is 11.1 Å². The Bertz CT molecular complexity index is 984. The van der Waals surface area contributed by atoms with E-state index in [0.717, 1.165) is 11.6 Å². The number of carbonyl (C=O) groups excluding carboxylic acids is 2. The van der Waals surface area contributed by atoms with Crippen LogP contribution in [0.5, 0.6) is 0 Å². The number of ether oxygens (including phenoxy) is 2. The van der Waals surface area contributed by atoms with E-state index in [1.54, 1.807) is 20.8 Å². The maximum atomic E-state index is 12.4. The number of carboxylic acid groups (broad SMARTS) is 1. The summed E-state index contributed by atoms with van der Waals surface area (Å²) in [5, 5.41) is 10.2. The molecule has 0 saturated carbocycles. The molecule has 0 spiro atoms. The minimum absolute atomic E-state index is 0.0663. The Hall–Kier alpha value is -2.03. The van der Waals surface area contributed by atoms with Crippen molar-refractivity contribution in [2.45, 2.75) is 61.5 Å². The molecule has 34 heavy (non-hydrogen) atoms. The van der Waals surface area contributed by atoms with E-state index in [1.165, 1.54) is 22.3 Å². The molecule has 3 rings (SSSR count). The van der Waals surface area contributed by atoms with Crippen molar-refractivity contribution in [2.24, 2.45) is 0 Å². The first-order valence-electron chi connectivity index (χ1n) is 11.5. The molecule has 2 unspecified atom stereocenters. The third-order valence-corrected chi connectivity index (χ3v) is 10.3. The van der Waals surface area contributed by atoms with Gasteiger partial charge in [-0.1, -0.05) is 0 Å². The van der Waals surface area contributed by atoms with Crippen molar-refractivity contribution < 1.29 is 29.0 Å². The summed E-state index contributed by atoms with van der Waals surface area (Å²) >= 11 is -2.31. The second kappa shape index (κ2) is 12.1. The van der Waals surface area contributed by atoms with E-state index in [2.05, 4.69) is 24.3 Å². The second-order valence-corrected chi connectivity index (χ2v) is 14.9. The number of rotatable bonds is 11. The van der Waals surface area contributed by atoms with E-state index in [9.17, 15) is 19.5 Å². The number of carbonyl (C=O) groups is 3. The first kappa shape index (κ1) is 26.6. The fourth-order valence-corrected chi connectivity index (χ4v) is 8.09. The molecule has 1 aliphatic carbocycles. The van der Waals surface area contributed by atoms with Crippen LogP contribution in [0.2, 0.25) is 9.91 Å². The van der Waals surface area contributed by atoms with Gasteiger partial charge in [0.25, 0.3) is 0 Å². The van der Waals surface area contributed by atoms with Crippen molar-refractivity contribution in [1.82, 2.24) is 0 Å². The summed E-state index contributed by atoms with van der Waals surface area (Å²) in [7, 11) is 0. The Labute approximate surface area is 214 Å². The van der Waals surface area contributed by atoms with Crippen molar-refractivity contribution >= 4 is 47.0 Å². The Morgan fingerprint density at radius 3 is 2.09 bits per heavy atom. The van der Waals surface area contributed by atoms with Crippen LogP contribution in [0.1, 0.15) is 57.1 Å². The topological polar surface area (TPSA) is 89.9 Å². The first-order valence-corrected chi connectivity index (χ1v) is 16.3. The Morgan fingerprint density at radius 2 is 1.53 bits per heavy atom. The van der Waals surface area contributed by atoms with Gasteiger partial charge in [-0.15, -0.1) is 0 Å². The molecule has 0 bridgehead atoms. The van der Waals surface area contributed by atoms with Crippen LogP contribution in [-0.4, -0.2) is 64.3 Å². The summed E-state index contributed by atoms with van der Waals surface area (Å²) in [4.78, 5) is 35.9. The standard InChI is InChI=1S/C26H32As2O6/c1-26(2,3)34-25(32)28-22(23(29)30)14-8-9-15-27-24(31)33-16-21-19-12-6-4-10-17(19)18-11-5-7-13-20(18)21/h4-7,10-13,21-22,27-28H,8-9,14-16H2,1-3H3,(H,29,30)/t22-/m0/s1. The van der Waals surface area contributed by atoms with Gasteiger partial charge < -0.3 is 0 Å². The van der Waals surface area contributed by atoms with Crippen LogP contribution in [0.25, 0.3) is 11.1 Å². The number of fused-ring (bicyclic) bond motifs is 3. The number of hydrogen-bond acceptors (Lipinski definition) is 5. The third-order valence-electron chi connectivity index (χ3n) is 5.52. The van der Waals surface area contributed by atoms with E-state index >= 15 is 0 Å². The van der Waals surface area contributed by atoms with Crippen LogP contribution in [0.4, 0.5) is 9.59 Å². The number of carboxylic acids is 1. The molecular weight excluding hydrogens is 558 g/mol. The molecule has 0 heterocycles. The van der Waals surface area contributed by atoms with Gasteiger partial charge in [0, 0.05) is 0 Å². The summed E-state index contributed by atoms with van der Waals surface area (Å²) in [6.07, 6.45) is 1.91. The summed E-state index contributed by atoms with van der Waals surface area (Å²) in [6, 6.07) is 16.5. The Morgan fingerprint density at radius 1 is 0.941 bits per heavy atom. The Kier molecular flexibility index (Phi) is 9.45. The summed E-state index contributed by atoms with van der Waals surface area (Å²) in [6.45, 7) is 5.68. The monoisotopic (exact) mass is 590 g/mol. The normalized spacial score (nSPS) is 14.3. The molecule has 0 aromatic heterocycles. The van der Waals surface area contributed by atoms with E-state index in [-0.39, 0.29) is 15.4 Å². The fourth-order valence-electron chi connectivity index (χ4n) is 4.02. The zero-order valence-electron chi connectivity index (χ0n) is 19.8. The van der Waals surface area contributed by atoms with Gasteiger partial charge in [0.2, 0.25) is 0 Å². The van der Waals surface area contributed by atoms with Crippen LogP contribution in [0, 0.1) is 0 Å². The van der Waals surface area contributed by atoms with Crippen molar-refractivity contribution in [2.75, 3.05) is 6.61 Å². The number of unbranched alkanes of at least 4 members (excludes halogenated alkanes) is 1. The van der Waals surface area contributed by atoms with E-state index in [0.29, 0.717) is 19.4 Å². The van der Waals surface area contributed by atoms with Crippen LogP contribution in [-0.2, 0) is 14.3 Å². The quantitative estimate of drug-likeness (QED) is 0.286. The molecule has 0 amide bonds.